The van der Waals surface area contributed by atoms with Gasteiger partial charge in [0, 0.05) is 28.6 Å². The Morgan fingerprint density at radius 1 is 1.17 bits per heavy atom. The van der Waals surface area contributed by atoms with Gasteiger partial charge in [-0.1, -0.05) is 23.7 Å². The van der Waals surface area contributed by atoms with Gasteiger partial charge in [0.05, 0.1) is 5.69 Å². The van der Waals surface area contributed by atoms with E-state index >= 15 is 0 Å². The number of pyridine rings is 1. The highest BCUT2D eigenvalue weighted by Gasteiger charge is 2.21. The van der Waals surface area contributed by atoms with Gasteiger partial charge in [0.1, 0.15) is 5.65 Å². The van der Waals surface area contributed by atoms with Gasteiger partial charge in [-0.05, 0) is 44.0 Å². The number of benzene rings is 1. The number of nitrogens with zero attached hydrogens (tertiary/aromatic N) is 1. The molecule has 0 aliphatic rings. The zero-order chi connectivity index (χ0) is 16.7. The van der Waals surface area contributed by atoms with Crippen LogP contribution < -0.4 is 4.74 Å². The highest BCUT2D eigenvalue weighted by Crippen LogP contribution is 2.40. The summed E-state index contributed by atoms with van der Waals surface area (Å²) in [5.41, 5.74) is 5.38. The van der Waals surface area contributed by atoms with Crippen molar-refractivity contribution in [3.63, 3.8) is 0 Å². The third kappa shape index (κ3) is 2.70. The lowest BCUT2D eigenvalue weighted by Gasteiger charge is -2.14. The molecule has 0 aliphatic heterocycles. The van der Waals surface area contributed by atoms with Gasteiger partial charge in [0.2, 0.25) is 0 Å². The first-order valence-corrected chi connectivity index (χ1v) is 7.70. The number of aromatic amines is 1. The summed E-state index contributed by atoms with van der Waals surface area (Å²) in [6.07, 6.45) is 0. The summed E-state index contributed by atoms with van der Waals surface area (Å²) in [6, 6.07) is 7.49. The van der Waals surface area contributed by atoms with Crippen LogP contribution in [0, 0.1) is 20.8 Å². The van der Waals surface area contributed by atoms with Gasteiger partial charge in [-0.25, -0.2) is 4.98 Å². The maximum atomic E-state index is 11.6. The number of halogens is 1. The number of esters is 1. The van der Waals surface area contributed by atoms with E-state index in [2.05, 4.69) is 9.97 Å². The van der Waals surface area contributed by atoms with Crippen molar-refractivity contribution >= 4 is 28.6 Å². The number of rotatable bonds is 2. The van der Waals surface area contributed by atoms with Gasteiger partial charge in [0.25, 0.3) is 0 Å². The number of aryl methyl sites for hydroxylation is 3. The van der Waals surface area contributed by atoms with Gasteiger partial charge in [-0.15, -0.1) is 0 Å². The molecule has 0 radical (unpaired) electrons. The molecule has 0 amide bonds. The van der Waals surface area contributed by atoms with Crippen molar-refractivity contribution in [2.24, 2.45) is 0 Å². The Bertz CT molecular complexity index is 911. The summed E-state index contributed by atoms with van der Waals surface area (Å²) >= 11 is 6.00. The topological polar surface area (TPSA) is 55.0 Å². The molecule has 3 rings (SSSR count). The fourth-order valence-corrected chi connectivity index (χ4v) is 2.89. The Morgan fingerprint density at radius 2 is 1.83 bits per heavy atom. The van der Waals surface area contributed by atoms with Gasteiger partial charge >= 0.3 is 5.97 Å². The number of carbonyl (C=O) groups is 1. The number of carbonyl (C=O) groups excluding carboxylic acids is 1. The van der Waals surface area contributed by atoms with E-state index in [1.807, 2.05) is 45.0 Å². The van der Waals surface area contributed by atoms with Gasteiger partial charge < -0.3 is 9.72 Å². The molecule has 0 saturated heterocycles. The van der Waals surface area contributed by atoms with Crippen LogP contribution in [0.25, 0.3) is 22.2 Å². The molecule has 23 heavy (non-hydrogen) atoms. The van der Waals surface area contributed by atoms with Crippen LogP contribution in [0.2, 0.25) is 5.02 Å². The summed E-state index contributed by atoms with van der Waals surface area (Å²) in [6.45, 7) is 7.26. The minimum Gasteiger partial charge on any atom is -0.424 e. The molecule has 2 aromatic heterocycles. The van der Waals surface area contributed by atoms with E-state index in [9.17, 15) is 4.79 Å². The van der Waals surface area contributed by atoms with E-state index in [0.29, 0.717) is 16.5 Å². The lowest BCUT2D eigenvalue weighted by molar-refractivity contribution is -0.131. The lowest BCUT2D eigenvalue weighted by Crippen LogP contribution is -2.06. The molecule has 4 nitrogen and oxygen atoms in total. The second-order valence-electron chi connectivity index (χ2n) is 5.60. The molecule has 0 spiro atoms. The highest BCUT2D eigenvalue weighted by molar-refractivity contribution is 6.30. The third-order valence-electron chi connectivity index (χ3n) is 3.94. The van der Waals surface area contributed by atoms with Crippen LogP contribution in [0.5, 0.6) is 5.75 Å². The molecule has 0 unspecified atom stereocenters. The molecule has 3 aromatic rings. The zero-order valence-electron chi connectivity index (χ0n) is 13.5. The van der Waals surface area contributed by atoms with Crippen molar-refractivity contribution in [3.8, 4) is 16.9 Å². The largest absolute Gasteiger partial charge is 0.424 e. The third-order valence-corrected chi connectivity index (χ3v) is 4.20. The summed E-state index contributed by atoms with van der Waals surface area (Å²) in [5.74, 6) is 0.129. The van der Waals surface area contributed by atoms with E-state index in [-0.39, 0.29) is 5.97 Å². The van der Waals surface area contributed by atoms with Crippen LogP contribution >= 0.6 is 11.6 Å². The normalized spacial score (nSPS) is 11.0. The summed E-state index contributed by atoms with van der Waals surface area (Å²) in [7, 11) is 0. The van der Waals surface area contributed by atoms with Crippen molar-refractivity contribution in [2.75, 3.05) is 0 Å². The molecule has 0 bridgehead atoms. The summed E-state index contributed by atoms with van der Waals surface area (Å²) < 4.78 is 5.48. The standard InChI is InChI=1S/C18H17ClN2O2/c1-9-10(2)20-18-15(9)16(13-5-7-14(19)8-6-13)17(11(3)21-18)23-12(4)22/h5-8H,1-4H3,(H,20,21). The average Bonchev–Trinajstić information content (AvgIpc) is 2.76. The van der Waals surface area contributed by atoms with Crippen LogP contribution in [0.4, 0.5) is 0 Å². The van der Waals surface area contributed by atoms with Crippen LogP contribution in [0.1, 0.15) is 23.9 Å². The number of aromatic nitrogens is 2. The molecule has 0 aliphatic carbocycles. The monoisotopic (exact) mass is 328 g/mol. The van der Waals surface area contributed by atoms with Crippen LogP contribution in [0.15, 0.2) is 24.3 Å². The Kier molecular flexibility index (Phi) is 3.86. The highest BCUT2D eigenvalue weighted by atomic mass is 35.5. The van der Waals surface area contributed by atoms with Gasteiger partial charge in [-0.3, -0.25) is 4.79 Å². The Labute approximate surface area is 139 Å². The van der Waals surface area contributed by atoms with Crippen LogP contribution in [-0.2, 0) is 4.79 Å². The van der Waals surface area contributed by atoms with Crippen molar-refractivity contribution in [1.82, 2.24) is 9.97 Å². The van der Waals surface area contributed by atoms with Gasteiger partial charge in [-0.2, -0.15) is 0 Å². The first kappa shape index (κ1) is 15.6. The maximum absolute atomic E-state index is 11.6. The molecule has 1 aromatic carbocycles. The van der Waals surface area contributed by atoms with E-state index in [1.165, 1.54) is 6.92 Å². The van der Waals surface area contributed by atoms with E-state index in [1.54, 1.807) is 0 Å². The molecule has 118 valence electrons. The second-order valence-corrected chi connectivity index (χ2v) is 6.04. The molecular formula is C18H17ClN2O2. The molecular weight excluding hydrogens is 312 g/mol. The van der Waals surface area contributed by atoms with Gasteiger partial charge in [0.15, 0.2) is 5.75 Å². The number of nitrogens with one attached hydrogen (secondary N) is 1. The summed E-state index contributed by atoms with van der Waals surface area (Å²) in [4.78, 5) is 19.4. The Morgan fingerprint density at radius 3 is 2.43 bits per heavy atom. The van der Waals surface area contributed by atoms with Crippen molar-refractivity contribution in [1.29, 1.82) is 0 Å². The number of ether oxygens (including phenoxy) is 1. The Hall–Kier alpha value is -2.33. The summed E-state index contributed by atoms with van der Waals surface area (Å²) in [5, 5.41) is 1.62. The van der Waals surface area contributed by atoms with Crippen LogP contribution in [0.3, 0.4) is 0 Å². The quantitative estimate of drug-likeness (QED) is 0.692. The first-order chi connectivity index (χ1) is 10.9. The predicted molar refractivity (Wildman–Crippen MR) is 92.1 cm³/mol. The predicted octanol–water partition coefficient (Wildman–Crippen LogP) is 4.73. The minimum atomic E-state index is -0.366. The molecule has 2 heterocycles. The number of fused-ring (bicyclic) bond motifs is 1. The Balaban J connectivity index is 2.42. The van der Waals surface area contributed by atoms with Crippen LogP contribution in [-0.4, -0.2) is 15.9 Å². The van der Waals surface area contributed by atoms with E-state index in [4.69, 9.17) is 16.3 Å². The molecule has 0 fully saturated rings. The lowest BCUT2D eigenvalue weighted by atomic mass is 9.98. The van der Waals surface area contributed by atoms with Crippen molar-refractivity contribution in [2.45, 2.75) is 27.7 Å². The average molecular weight is 329 g/mol. The number of H-pyrrole nitrogens is 1. The fourth-order valence-electron chi connectivity index (χ4n) is 2.76. The number of hydrogen-bond acceptors (Lipinski definition) is 3. The first-order valence-electron chi connectivity index (χ1n) is 7.32. The molecule has 5 heteroatoms. The smallest absolute Gasteiger partial charge is 0.308 e. The number of hydrogen-bond donors (Lipinski definition) is 1. The molecule has 0 atom stereocenters. The fraction of sp³-hybridized carbons (Fsp3) is 0.222. The maximum Gasteiger partial charge on any atom is 0.308 e. The molecule has 0 saturated carbocycles. The van der Waals surface area contributed by atoms with Crippen molar-refractivity contribution in [3.05, 3.63) is 46.2 Å². The second kappa shape index (κ2) is 5.70. The SMILES string of the molecule is CC(=O)Oc1c(C)nc2[nH]c(C)c(C)c2c1-c1ccc(Cl)cc1. The zero-order valence-corrected chi connectivity index (χ0v) is 14.2. The molecule has 1 N–H and O–H groups in total. The van der Waals surface area contributed by atoms with Crippen molar-refractivity contribution < 1.29 is 9.53 Å². The van der Waals surface area contributed by atoms with E-state index < -0.39 is 0 Å². The minimum absolute atomic E-state index is 0.366. The van der Waals surface area contributed by atoms with E-state index in [0.717, 1.165) is 33.4 Å².